The zero-order chi connectivity index (χ0) is 4.83. The molecule has 0 heteroatoms. The lowest BCUT2D eigenvalue weighted by Crippen LogP contribution is -1.55. The maximum absolute atomic E-state index is 2.18. The van der Waals surface area contributed by atoms with Crippen molar-refractivity contribution in [3.05, 3.63) is 12.2 Å². The van der Waals surface area contributed by atoms with E-state index < -0.39 is 0 Å². The highest BCUT2D eigenvalue weighted by Crippen LogP contribution is 1.85. The highest BCUT2D eigenvalue weighted by molar-refractivity contribution is 4.75. The molecule has 0 aliphatic carbocycles. The van der Waals surface area contributed by atoms with E-state index in [2.05, 4.69) is 26.0 Å². The molecule has 0 aliphatic heterocycles. The summed E-state index contributed by atoms with van der Waals surface area (Å²) in [6, 6.07) is 0. The molecular weight excluding hydrogens is 72.1 g/mol. The highest BCUT2D eigenvalue weighted by atomic mass is 13.7. The molecule has 6 heavy (non-hydrogen) atoms. The zero-order valence-corrected chi connectivity index (χ0v) is 4.57. The molecule has 0 bridgehead atoms. The van der Waals surface area contributed by atoms with E-state index in [9.17, 15) is 0 Å². The van der Waals surface area contributed by atoms with E-state index in [0.717, 1.165) is 0 Å². The van der Waals surface area contributed by atoms with Crippen LogP contribution in [-0.4, -0.2) is 0 Å². The Morgan fingerprint density at radius 3 is 2.33 bits per heavy atom. The number of hydrogen-bond acceptors (Lipinski definition) is 0. The minimum absolute atomic E-state index is 1.23. The first-order valence-corrected chi connectivity index (χ1v) is 2.53. The third kappa shape index (κ3) is 3.74. The summed E-state index contributed by atoms with van der Waals surface area (Å²) in [5.74, 6) is 0. The lowest BCUT2D eigenvalue weighted by molar-refractivity contribution is 0.957. The van der Waals surface area contributed by atoms with E-state index >= 15 is 0 Å². The van der Waals surface area contributed by atoms with Crippen LogP contribution in [0.3, 0.4) is 0 Å². The summed E-state index contributed by atoms with van der Waals surface area (Å²) in [7, 11) is 0. The van der Waals surface area contributed by atoms with Gasteiger partial charge in [0.05, 0.1) is 0 Å². The number of allylic oxidation sites excluding steroid dienone is 2. The van der Waals surface area contributed by atoms with Gasteiger partial charge in [-0.25, -0.2) is 0 Å². The lowest BCUT2D eigenvalue weighted by Gasteiger charge is -1.76. The van der Waals surface area contributed by atoms with E-state index in [1.807, 2.05) is 0 Å². The summed E-state index contributed by atoms with van der Waals surface area (Å²) in [6.45, 7) is 4.23. The van der Waals surface area contributed by atoms with Crippen molar-refractivity contribution in [1.29, 1.82) is 0 Å². The Labute approximate surface area is 39.9 Å². The number of hydrogen-bond donors (Lipinski definition) is 0. The van der Waals surface area contributed by atoms with Crippen molar-refractivity contribution in [3.63, 3.8) is 0 Å². The first kappa shape index (κ1) is 5.74. The molecule has 0 unspecified atom stereocenters. The van der Waals surface area contributed by atoms with E-state index in [1.54, 1.807) is 0 Å². The second kappa shape index (κ2) is 4.74. The van der Waals surface area contributed by atoms with Gasteiger partial charge in [-0.05, 0) is 13.3 Å². The predicted octanol–water partition coefficient (Wildman–Crippen LogP) is 2.36. The van der Waals surface area contributed by atoms with Crippen molar-refractivity contribution in [2.75, 3.05) is 0 Å². The molecule has 0 aromatic heterocycles. The van der Waals surface area contributed by atoms with Gasteiger partial charge in [0.15, 0.2) is 0 Å². The van der Waals surface area contributed by atoms with Crippen molar-refractivity contribution in [1.82, 2.24) is 0 Å². The van der Waals surface area contributed by atoms with E-state index in [4.69, 9.17) is 0 Å². The van der Waals surface area contributed by atoms with Crippen LogP contribution in [0.15, 0.2) is 12.2 Å². The van der Waals surface area contributed by atoms with Crippen LogP contribution >= 0.6 is 0 Å². The molecule has 0 radical (unpaired) electrons. The van der Waals surface area contributed by atoms with Crippen LogP contribution in [0.4, 0.5) is 0 Å². The second-order valence-corrected chi connectivity index (χ2v) is 1.36. The minimum Gasteiger partial charge on any atom is -0.0917 e. The maximum Gasteiger partial charge on any atom is -0.0353 e. The molecule has 0 nitrogen and oxygen atoms in total. The van der Waals surface area contributed by atoms with Crippen LogP contribution in [0.5, 0.6) is 0 Å². The Kier molecular flexibility index (Phi) is 4.53. The van der Waals surface area contributed by atoms with Crippen molar-refractivity contribution in [2.24, 2.45) is 0 Å². The monoisotopic (exact) mass is 84.1 g/mol. The third-order valence-corrected chi connectivity index (χ3v) is 0.691. The largest absolute Gasteiger partial charge is 0.0917 e. The number of rotatable bonds is 2. The van der Waals surface area contributed by atoms with Crippen LogP contribution < -0.4 is 0 Å². The summed E-state index contributed by atoms with van der Waals surface area (Å²) in [5.41, 5.74) is 0. The zero-order valence-electron chi connectivity index (χ0n) is 4.57. The third-order valence-electron chi connectivity index (χ3n) is 0.691. The van der Waals surface area contributed by atoms with Crippen molar-refractivity contribution >= 4 is 0 Å². The van der Waals surface area contributed by atoms with Gasteiger partial charge in [0.25, 0.3) is 0 Å². The fraction of sp³-hybridized carbons (Fsp3) is 0.667. The summed E-state index contributed by atoms with van der Waals surface area (Å²) in [4.78, 5) is 0. The van der Waals surface area contributed by atoms with Gasteiger partial charge in [-0.3, -0.25) is 0 Å². The fourth-order valence-corrected chi connectivity index (χ4v) is 0.333. The molecule has 0 atom stereocenters. The average molecular weight is 84.2 g/mol. The Hall–Kier alpha value is -0.260. The molecule has 0 heterocycles. The van der Waals surface area contributed by atoms with Crippen LogP contribution in [0.2, 0.25) is 0 Å². The first-order valence-electron chi connectivity index (χ1n) is 2.53. The van der Waals surface area contributed by atoms with Crippen molar-refractivity contribution in [3.8, 4) is 0 Å². The lowest BCUT2D eigenvalue weighted by atomic mass is 10.3. The fourth-order valence-electron chi connectivity index (χ4n) is 0.333. The number of unbranched alkanes of at least 4 members (excludes halogenated alkanes) is 1. The quantitative estimate of drug-likeness (QED) is 0.450. The first-order chi connectivity index (χ1) is 2.91. The Morgan fingerprint density at radius 2 is 2.17 bits per heavy atom. The average Bonchev–Trinajstić information content (AvgIpc) is 1.61. The summed E-state index contributed by atoms with van der Waals surface area (Å²) in [5, 5.41) is 0. The van der Waals surface area contributed by atoms with Gasteiger partial charge in [0.2, 0.25) is 0 Å². The molecule has 0 aromatic rings. The van der Waals surface area contributed by atoms with Crippen LogP contribution in [0.25, 0.3) is 0 Å². The Morgan fingerprint density at radius 1 is 1.50 bits per heavy atom. The maximum atomic E-state index is 2.18. The molecule has 0 saturated heterocycles. The van der Waals surface area contributed by atoms with Crippen molar-refractivity contribution in [2.45, 2.75) is 26.7 Å². The molecule has 0 saturated carbocycles. The van der Waals surface area contributed by atoms with E-state index in [-0.39, 0.29) is 0 Å². The predicted molar refractivity (Wildman–Crippen MR) is 29.7 cm³/mol. The molecule has 0 rings (SSSR count). The second-order valence-electron chi connectivity index (χ2n) is 1.36. The van der Waals surface area contributed by atoms with Gasteiger partial charge in [0, 0.05) is 0 Å². The summed E-state index contributed by atoms with van der Waals surface area (Å²) in [6.07, 6.45) is 6.77. The van der Waals surface area contributed by atoms with Crippen LogP contribution in [0, 0.1) is 0 Å². The van der Waals surface area contributed by atoms with Crippen molar-refractivity contribution < 1.29 is 0 Å². The summed E-state index contributed by atoms with van der Waals surface area (Å²) < 4.78 is 0. The van der Waals surface area contributed by atoms with E-state index in [1.165, 1.54) is 12.8 Å². The van der Waals surface area contributed by atoms with E-state index in [0.29, 0.717) is 0 Å². The molecule has 0 fully saturated rings. The van der Waals surface area contributed by atoms with Gasteiger partial charge in [-0.1, -0.05) is 25.5 Å². The smallest absolute Gasteiger partial charge is 0.0353 e. The topological polar surface area (TPSA) is 0 Å². The van der Waals surface area contributed by atoms with Gasteiger partial charge in [0.1, 0.15) is 0 Å². The van der Waals surface area contributed by atoms with Crippen LogP contribution in [0.1, 0.15) is 26.7 Å². The molecule has 0 spiro atoms. The molecule has 0 aliphatic rings. The highest BCUT2D eigenvalue weighted by Gasteiger charge is 1.64. The standard InChI is InChI=1S/C6H12/c1-3-5-6-4-2/h3,5H,4,6H2,1-2H3. The Bertz CT molecular complexity index is 35.3. The molecular formula is C6H12. The van der Waals surface area contributed by atoms with Gasteiger partial charge >= 0.3 is 0 Å². The molecule has 0 amide bonds. The SMILES string of the molecule is CC=CCCC. The van der Waals surface area contributed by atoms with Gasteiger partial charge in [-0.2, -0.15) is 0 Å². The molecule has 36 valence electrons. The normalized spacial score (nSPS) is 10.3. The summed E-state index contributed by atoms with van der Waals surface area (Å²) >= 11 is 0. The molecule has 0 N–H and O–H groups in total. The Balaban J connectivity index is 2.66. The molecule has 0 aromatic carbocycles. The van der Waals surface area contributed by atoms with Crippen LogP contribution in [-0.2, 0) is 0 Å². The van der Waals surface area contributed by atoms with Gasteiger partial charge < -0.3 is 0 Å². The van der Waals surface area contributed by atoms with Gasteiger partial charge in [-0.15, -0.1) is 0 Å². The minimum atomic E-state index is 1.23.